The van der Waals surface area contributed by atoms with Crippen LogP contribution in [0.4, 0.5) is 0 Å². The molecule has 3 rings (SSSR count). The fourth-order valence-electron chi connectivity index (χ4n) is 2.34. The fourth-order valence-corrected chi connectivity index (χ4v) is 2.34. The minimum atomic E-state index is -0.949. The van der Waals surface area contributed by atoms with E-state index in [9.17, 15) is 4.79 Å². The van der Waals surface area contributed by atoms with Crippen LogP contribution in [0.3, 0.4) is 0 Å². The standard InChI is InChI=1S/C14H15N3O3/c1-8-2-3-9(14(18)19)6-11(8)13-15-12(16-17-13)10-4-5-20-7-10/h2-3,6,10H,4-5,7H2,1H3,(H,18,19)(H,15,16,17). The molecule has 0 amide bonds. The number of H-pyrrole nitrogens is 1. The Morgan fingerprint density at radius 2 is 2.30 bits per heavy atom. The molecule has 1 saturated heterocycles. The summed E-state index contributed by atoms with van der Waals surface area (Å²) in [7, 11) is 0. The molecule has 1 unspecified atom stereocenters. The zero-order chi connectivity index (χ0) is 14.1. The van der Waals surface area contributed by atoms with Gasteiger partial charge in [0.15, 0.2) is 5.82 Å². The second-order valence-corrected chi connectivity index (χ2v) is 4.95. The van der Waals surface area contributed by atoms with Crippen LogP contribution in [-0.4, -0.2) is 39.5 Å². The quantitative estimate of drug-likeness (QED) is 0.892. The number of benzene rings is 1. The number of hydrogen-bond donors (Lipinski definition) is 2. The number of aromatic nitrogens is 3. The molecule has 6 heteroatoms. The Bertz CT molecular complexity index is 645. The van der Waals surface area contributed by atoms with Gasteiger partial charge in [0.1, 0.15) is 5.82 Å². The SMILES string of the molecule is Cc1ccc(C(=O)O)cc1-c1nnc(C2CCOC2)[nH]1. The van der Waals surface area contributed by atoms with Gasteiger partial charge in [-0.15, -0.1) is 10.2 Å². The molecule has 0 aliphatic carbocycles. The molecular weight excluding hydrogens is 258 g/mol. The number of nitrogens with one attached hydrogen (secondary N) is 1. The first-order chi connectivity index (χ1) is 9.65. The molecule has 1 aliphatic heterocycles. The van der Waals surface area contributed by atoms with Crippen molar-refractivity contribution in [1.82, 2.24) is 15.2 Å². The molecule has 1 aliphatic rings. The monoisotopic (exact) mass is 273 g/mol. The number of carboxylic acids is 1. The number of carbonyl (C=O) groups is 1. The lowest BCUT2D eigenvalue weighted by Gasteiger charge is -2.04. The van der Waals surface area contributed by atoms with E-state index in [0.717, 1.165) is 30.0 Å². The van der Waals surface area contributed by atoms with Crippen molar-refractivity contribution in [2.45, 2.75) is 19.3 Å². The van der Waals surface area contributed by atoms with Crippen LogP contribution < -0.4 is 0 Å². The largest absolute Gasteiger partial charge is 0.478 e. The molecule has 0 saturated carbocycles. The molecule has 104 valence electrons. The Morgan fingerprint density at radius 1 is 1.45 bits per heavy atom. The molecular formula is C14H15N3O3. The Kier molecular flexibility index (Phi) is 3.23. The van der Waals surface area contributed by atoms with E-state index < -0.39 is 5.97 Å². The molecule has 0 radical (unpaired) electrons. The highest BCUT2D eigenvalue weighted by molar-refractivity contribution is 5.89. The van der Waals surface area contributed by atoms with Gasteiger partial charge in [-0.3, -0.25) is 0 Å². The normalized spacial score (nSPS) is 18.4. The number of rotatable bonds is 3. The minimum absolute atomic E-state index is 0.243. The third-order valence-corrected chi connectivity index (χ3v) is 3.56. The van der Waals surface area contributed by atoms with Crippen LogP contribution in [0.1, 0.15) is 34.1 Å². The number of nitrogens with zero attached hydrogens (tertiary/aromatic N) is 2. The maximum atomic E-state index is 11.0. The highest BCUT2D eigenvalue weighted by atomic mass is 16.5. The van der Waals surface area contributed by atoms with E-state index in [2.05, 4.69) is 15.2 Å². The Hall–Kier alpha value is -2.21. The molecule has 1 atom stereocenters. The lowest BCUT2D eigenvalue weighted by Crippen LogP contribution is -2.00. The lowest BCUT2D eigenvalue weighted by molar-refractivity contribution is 0.0697. The summed E-state index contributed by atoms with van der Waals surface area (Å²) < 4.78 is 5.34. The van der Waals surface area contributed by atoms with Crippen molar-refractivity contribution in [2.24, 2.45) is 0 Å². The number of carboxylic acid groups (broad SMARTS) is 1. The molecule has 1 aromatic carbocycles. The lowest BCUT2D eigenvalue weighted by atomic mass is 10.0. The first-order valence-corrected chi connectivity index (χ1v) is 6.50. The van der Waals surface area contributed by atoms with Gasteiger partial charge in [0.25, 0.3) is 0 Å². The van der Waals surface area contributed by atoms with Crippen LogP contribution in [0.15, 0.2) is 18.2 Å². The van der Waals surface area contributed by atoms with Gasteiger partial charge < -0.3 is 14.8 Å². The van der Waals surface area contributed by atoms with Crippen molar-refractivity contribution >= 4 is 5.97 Å². The molecule has 1 fully saturated rings. The van der Waals surface area contributed by atoms with Crippen LogP contribution >= 0.6 is 0 Å². The average Bonchev–Trinajstić information content (AvgIpc) is 3.10. The van der Waals surface area contributed by atoms with E-state index in [1.165, 1.54) is 0 Å². The van der Waals surface area contributed by atoms with E-state index in [0.29, 0.717) is 12.4 Å². The zero-order valence-corrected chi connectivity index (χ0v) is 11.1. The summed E-state index contributed by atoms with van der Waals surface area (Å²) >= 11 is 0. The molecule has 0 bridgehead atoms. The zero-order valence-electron chi connectivity index (χ0n) is 11.1. The number of aromatic amines is 1. The molecule has 2 aromatic rings. The van der Waals surface area contributed by atoms with Crippen LogP contribution in [0.25, 0.3) is 11.4 Å². The number of hydrogen-bond acceptors (Lipinski definition) is 4. The van der Waals surface area contributed by atoms with Crippen molar-refractivity contribution in [3.8, 4) is 11.4 Å². The first-order valence-electron chi connectivity index (χ1n) is 6.50. The van der Waals surface area contributed by atoms with E-state index >= 15 is 0 Å². The van der Waals surface area contributed by atoms with Crippen LogP contribution in [0, 0.1) is 6.92 Å². The average molecular weight is 273 g/mol. The predicted molar refractivity (Wildman–Crippen MR) is 71.7 cm³/mol. The predicted octanol–water partition coefficient (Wildman–Crippen LogP) is 1.98. The molecule has 20 heavy (non-hydrogen) atoms. The maximum absolute atomic E-state index is 11.0. The van der Waals surface area contributed by atoms with Crippen molar-refractivity contribution in [2.75, 3.05) is 13.2 Å². The van der Waals surface area contributed by atoms with Gasteiger partial charge in [-0.25, -0.2) is 4.79 Å². The summed E-state index contributed by atoms with van der Waals surface area (Å²) in [6, 6.07) is 4.98. The van der Waals surface area contributed by atoms with Gasteiger partial charge >= 0.3 is 5.97 Å². The van der Waals surface area contributed by atoms with Crippen molar-refractivity contribution in [1.29, 1.82) is 0 Å². The summed E-state index contributed by atoms with van der Waals surface area (Å²) in [5, 5.41) is 17.4. The molecule has 2 heterocycles. The summed E-state index contributed by atoms with van der Waals surface area (Å²) in [6.07, 6.45) is 0.933. The van der Waals surface area contributed by atoms with Crippen LogP contribution in [-0.2, 0) is 4.74 Å². The third-order valence-electron chi connectivity index (χ3n) is 3.56. The van der Waals surface area contributed by atoms with Gasteiger partial charge in [0.2, 0.25) is 0 Å². The fraction of sp³-hybridized carbons (Fsp3) is 0.357. The van der Waals surface area contributed by atoms with Gasteiger partial charge in [-0.05, 0) is 31.0 Å². The number of aryl methyl sites for hydroxylation is 1. The maximum Gasteiger partial charge on any atom is 0.335 e. The van der Waals surface area contributed by atoms with Crippen molar-refractivity contribution in [3.63, 3.8) is 0 Å². The van der Waals surface area contributed by atoms with Gasteiger partial charge in [-0.2, -0.15) is 0 Å². The first kappa shape index (κ1) is 12.8. The second-order valence-electron chi connectivity index (χ2n) is 4.95. The number of aromatic carboxylic acids is 1. The summed E-state index contributed by atoms with van der Waals surface area (Å²) in [5.41, 5.74) is 1.97. The minimum Gasteiger partial charge on any atom is -0.478 e. The summed E-state index contributed by atoms with van der Waals surface area (Å²) in [6.45, 7) is 3.32. The Labute approximate surface area is 115 Å². The van der Waals surface area contributed by atoms with Crippen molar-refractivity contribution < 1.29 is 14.6 Å². The Morgan fingerprint density at radius 3 is 3.00 bits per heavy atom. The van der Waals surface area contributed by atoms with Crippen LogP contribution in [0.5, 0.6) is 0 Å². The van der Waals surface area contributed by atoms with E-state index in [1.807, 2.05) is 6.92 Å². The second kappa shape index (κ2) is 5.05. The van der Waals surface area contributed by atoms with E-state index in [1.54, 1.807) is 18.2 Å². The van der Waals surface area contributed by atoms with Gasteiger partial charge in [0.05, 0.1) is 12.2 Å². The smallest absolute Gasteiger partial charge is 0.335 e. The van der Waals surface area contributed by atoms with Gasteiger partial charge in [0, 0.05) is 18.1 Å². The van der Waals surface area contributed by atoms with E-state index in [-0.39, 0.29) is 11.5 Å². The number of ether oxygens (including phenoxy) is 1. The molecule has 2 N–H and O–H groups in total. The van der Waals surface area contributed by atoms with Crippen molar-refractivity contribution in [3.05, 3.63) is 35.2 Å². The van der Waals surface area contributed by atoms with E-state index in [4.69, 9.17) is 9.84 Å². The van der Waals surface area contributed by atoms with Crippen LogP contribution in [0.2, 0.25) is 0 Å². The molecule has 0 spiro atoms. The highest BCUT2D eigenvalue weighted by Crippen LogP contribution is 2.26. The Balaban J connectivity index is 1.96. The topological polar surface area (TPSA) is 88.1 Å². The van der Waals surface area contributed by atoms with Gasteiger partial charge in [-0.1, -0.05) is 6.07 Å². The molecule has 1 aromatic heterocycles. The highest BCUT2D eigenvalue weighted by Gasteiger charge is 2.22. The summed E-state index contributed by atoms with van der Waals surface area (Å²) in [4.78, 5) is 14.2. The molecule has 6 nitrogen and oxygen atoms in total. The summed E-state index contributed by atoms with van der Waals surface area (Å²) in [5.74, 6) is 0.708. The third kappa shape index (κ3) is 2.30.